The number of rotatable bonds is 2. The summed E-state index contributed by atoms with van der Waals surface area (Å²) in [5, 5.41) is 6.68. The largest absolute Gasteiger partial charge is 0.307 e. The number of hydrogen-bond donors (Lipinski definition) is 1. The standard InChI is InChI=1S/C19H23N/c1-4-12-19(17-10-11-17,20-13-5-1)18-9-8-15-6-2-3-7-16(15)14-18/h2-3,6-9,14,17,20H,1,4-5,10-13H2. The molecule has 1 saturated heterocycles. The van der Waals surface area contributed by atoms with Crippen molar-refractivity contribution in [3.05, 3.63) is 48.0 Å². The molecular weight excluding hydrogens is 242 g/mol. The summed E-state index contributed by atoms with van der Waals surface area (Å²) in [6.45, 7) is 1.18. The number of fused-ring (bicyclic) bond motifs is 1. The van der Waals surface area contributed by atoms with Crippen LogP contribution in [0.3, 0.4) is 0 Å². The van der Waals surface area contributed by atoms with Crippen LogP contribution in [0.25, 0.3) is 10.8 Å². The Hall–Kier alpha value is -1.34. The predicted octanol–water partition coefficient (Wildman–Crippen LogP) is 4.61. The molecule has 0 spiro atoms. The molecule has 1 aliphatic heterocycles. The van der Waals surface area contributed by atoms with Crippen LogP contribution in [0, 0.1) is 5.92 Å². The van der Waals surface area contributed by atoms with Crippen molar-refractivity contribution in [2.24, 2.45) is 5.92 Å². The lowest BCUT2D eigenvalue weighted by atomic mass is 9.80. The van der Waals surface area contributed by atoms with Gasteiger partial charge in [-0.1, -0.05) is 49.2 Å². The zero-order chi connectivity index (χ0) is 13.4. The Bertz CT molecular complexity index is 604. The summed E-state index contributed by atoms with van der Waals surface area (Å²) >= 11 is 0. The molecule has 1 N–H and O–H groups in total. The quantitative estimate of drug-likeness (QED) is 0.836. The van der Waals surface area contributed by atoms with Crippen LogP contribution in [-0.4, -0.2) is 6.54 Å². The maximum atomic E-state index is 3.94. The molecule has 1 atom stereocenters. The van der Waals surface area contributed by atoms with E-state index in [1.54, 1.807) is 0 Å². The zero-order valence-corrected chi connectivity index (χ0v) is 12.1. The monoisotopic (exact) mass is 265 g/mol. The van der Waals surface area contributed by atoms with Gasteiger partial charge in [0.15, 0.2) is 0 Å². The highest BCUT2D eigenvalue weighted by Gasteiger charge is 2.46. The molecule has 20 heavy (non-hydrogen) atoms. The van der Waals surface area contributed by atoms with Crippen molar-refractivity contribution in [2.75, 3.05) is 6.54 Å². The fourth-order valence-corrected chi connectivity index (χ4v) is 3.98. The predicted molar refractivity (Wildman–Crippen MR) is 84.8 cm³/mol. The first-order valence-electron chi connectivity index (χ1n) is 8.13. The van der Waals surface area contributed by atoms with E-state index in [4.69, 9.17) is 0 Å². The molecule has 2 aliphatic rings. The zero-order valence-electron chi connectivity index (χ0n) is 12.1. The van der Waals surface area contributed by atoms with Crippen molar-refractivity contribution in [1.29, 1.82) is 0 Å². The third-order valence-corrected chi connectivity index (χ3v) is 5.23. The molecule has 1 heterocycles. The van der Waals surface area contributed by atoms with E-state index in [2.05, 4.69) is 47.8 Å². The molecule has 1 unspecified atom stereocenters. The van der Waals surface area contributed by atoms with E-state index in [-0.39, 0.29) is 5.54 Å². The molecule has 2 fully saturated rings. The summed E-state index contributed by atoms with van der Waals surface area (Å²) in [4.78, 5) is 0. The van der Waals surface area contributed by atoms with Crippen LogP contribution >= 0.6 is 0 Å². The van der Waals surface area contributed by atoms with E-state index < -0.39 is 0 Å². The second-order valence-corrected chi connectivity index (χ2v) is 6.54. The average Bonchev–Trinajstić information content (AvgIpc) is 3.33. The minimum atomic E-state index is 0.264. The van der Waals surface area contributed by atoms with E-state index in [0.29, 0.717) is 0 Å². The highest BCUT2D eigenvalue weighted by atomic mass is 15.0. The maximum Gasteiger partial charge on any atom is 0.0463 e. The lowest BCUT2D eigenvalue weighted by Crippen LogP contribution is -2.43. The first kappa shape index (κ1) is 12.4. The molecule has 0 amide bonds. The SMILES string of the molecule is c1ccc2cc(C3(C4CC4)CCCCCN3)ccc2c1. The van der Waals surface area contributed by atoms with Crippen LogP contribution in [0.4, 0.5) is 0 Å². The molecule has 2 aromatic carbocycles. The summed E-state index contributed by atoms with van der Waals surface area (Å²) in [5.41, 5.74) is 1.79. The van der Waals surface area contributed by atoms with Gasteiger partial charge in [-0.2, -0.15) is 0 Å². The summed E-state index contributed by atoms with van der Waals surface area (Å²) in [6, 6.07) is 15.9. The summed E-state index contributed by atoms with van der Waals surface area (Å²) in [7, 11) is 0. The van der Waals surface area contributed by atoms with E-state index in [1.807, 2.05) is 0 Å². The maximum absolute atomic E-state index is 3.94. The molecule has 0 radical (unpaired) electrons. The van der Waals surface area contributed by atoms with Gasteiger partial charge in [0.2, 0.25) is 0 Å². The average molecular weight is 265 g/mol. The molecule has 1 saturated carbocycles. The minimum Gasteiger partial charge on any atom is -0.307 e. The Morgan fingerprint density at radius 3 is 2.60 bits per heavy atom. The van der Waals surface area contributed by atoms with Gasteiger partial charge in [-0.05, 0) is 60.5 Å². The summed E-state index contributed by atoms with van der Waals surface area (Å²) < 4.78 is 0. The van der Waals surface area contributed by atoms with E-state index in [1.165, 1.54) is 61.4 Å². The van der Waals surface area contributed by atoms with Gasteiger partial charge in [-0.25, -0.2) is 0 Å². The molecule has 2 aromatic rings. The Morgan fingerprint density at radius 1 is 0.900 bits per heavy atom. The third kappa shape index (κ3) is 2.05. The summed E-state index contributed by atoms with van der Waals surface area (Å²) in [5.74, 6) is 0.863. The fraction of sp³-hybridized carbons (Fsp3) is 0.474. The van der Waals surface area contributed by atoms with E-state index in [0.717, 1.165) is 5.92 Å². The summed E-state index contributed by atoms with van der Waals surface area (Å²) in [6.07, 6.45) is 8.21. The lowest BCUT2D eigenvalue weighted by molar-refractivity contribution is 0.279. The topological polar surface area (TPSA) is 12.0 Å². The van der Waals surface area contributed by atoms with Gasteiger partial charge in [0.25, 0.3) is 0 Å². The van der Waals surface area contributed by atoms with Crippen molar-refractivity contribution >= 4 is 10.8 Å². The van der Waals surface area contributed by atoms with Crippen LogP contribution in [0.1, 0.15) is 44.1 Å². The highest BCUT2D eigenvalue weighted by Crippen LogP contribution is 2.49. The van der Waals surface area contributed by atoms with Crippen molar-refractivity contribution in [2.45, 2.75) is 44.1 Å². The molecule has 1 heteroatoms. The smallest absolute Gasteiger partial charge is 0.0463 e. The van der Waals surface area contributed by atoms with Gasteiger partial charge >= 0.3 is 0 Å². The molecular formula is C19H23N. The van der Waals surface area contributed by atoms with Crippen LogP contribution in [0.2, 0.25) is 0 Å². The molecule has 104 valence electrons. The van der Waals surface area contributed by atoms with Crippen molar-refractivity contribution in [3.63, 3.8) is 0 Å². The van der Waals surface area contributed by atoms with Crippen molar-refractivity contribution in [3.8, 4) is 0 Å². The van der Waals surface area contributed by atoms with Crippen molar-refractivity contribution in [1.82, 2.24) is 5.32 Å². The number of nitrogens with one attached hydrogen (secondary N) is 1. The lowest BCUT2D eigenvalue weighted by Gasteiger charge is -2.35. The highest BCUT2D eigenvalue weighted by molar-refractivity contribution is 5.83. The Labute approximate surface area is 121 Å². The van der Waals surface area contributed by atoms with Crippen LogP contribution in [0.5, 0.6) is 0 Å². The minimum absolute atomic E-state index is 0.264. The first-order valence-corrected chi connectivity index (χ1v) is 8.13. The van der Waals surface area contributed by atoms with Gasteiger partial charge in [0.05, 0.1) is 0 Å². The second kappa shape index (κ2) is 4.89. The molecule has 0 aromatic heterocycles. The Balaban J connectivity index is 1.80. The first-order chi connectivity index (χ1) is 9.88. The molecule has 4 rings (SSSR count). The molecule has 1 aliphatic carbocycles. The number of hydrogen-bond acceptors (Lipinski definition) is 1. The second-order valence-electron chi connectivity index (χ2n) is 6.54. The van der Waals surface area contributed by atoms with Gasteiger partial charge in [0.1, 0.15) is 0 Å². The van der Waals surface area contributed by atoms with Gasteiger partial charge in [-0.15, -0.1) is 0 Å². The Morgan fingerprint density at radius 2 is 1.75 bits per heavy atom. The molecule has 1 nitrogen and oxygen atoms in total. The van der Waals surface area contributed by atoms with E-state index in [9.17, 15) is 0 Å². The van der Waals surface area contributed by atoms with Gasteiger partial charge in [-0.3, -0.25) is 0 Å². The van der Waals surface area contributed by atoms with Crippen LogP contribution < -0.4 is 5.32 Å². The van der Waals surface area contributed by atoms with Crippen LogP contribution in [0.15, 0.2) is 42.5 Å². The normalized spacial score (nSPS) is 27.4. The Kier molecular flexibility index (Phi) is 3.03. The van der Waals surface area contributed by atoms with E-state index >= 15 is 0 Å². The molecule has 0 bridgehead atoms. The van der Waals surface area contributed by atoms with Crippen molar-refractivity contribution < 1.29 is 0 Å². The fourth-order valence-electron chi connectivity index (χ4n) is 3.98. The third-order valence-electron chi connectivity index (χ3n) is 5.23. The van der Waals surface area contributed by atoms with Gasteiger partial charge < -0.3 is 5.32 Å². The van der Waals surface area contributed by atoms with Crippen LogP contribution in [-0.2, 0) is 5.54 Å². The number of benzene rings is 2. The van der Waals surface area contributed by atoms with Gasteiger partial charge in [0, 0.05) is 5.54 Å².